The summed E-state index contributed by atoms with van der Waals surface area (Å²) in [5, 5.41) is 3.54. The van der Waals surface area contributed by atoms with Gasteiger partial charge in [-0.15, -0.1) is 0 Å². The molecule has 1 heterocycles. The highest BCUT2D eigenvalue weighted by atomic mass is 16.5. The van der Waals surface area contributed by atoms with Crippen molar-refractivity contribution >= 4 is 11.4 Å². The fourth-order valence-corrected chi connectivity index (χ4v) is 2.37. The van der Waals surface area contributed by atoms with E-state index in [0.29, 0.717) is 6.04 Å². The van der Waals surface area contributed by atoms with Gasteiger partial charge in [0.05, 0.1) is 17.0 Å². The minimum Gasteiger partial charge on any atom is -0.397 e. The number of anilines is 2. The van der Waals surface area contributed by atoms with Gasteiger partial charge in [-0.2, -0.15) is 0 Å². The van der Waals surface area contributed by atoms with Gasteiger partial charge in [0, 0.05) is 12.6 Å². The van der Waals surface area contributed by atoms with Crippen LogP contribution in [0.1, 0.15) is 32.3 Å². The first-order valence-corrected chi connectivity index (χ1v) is 6.23. The molecule has 1 aromatic rings. The smallest absolute Gasteiger partial charge is 0.0646 e. The number of hydrogen-bond acceptors (Lipinski definition) is 3. The molecule has 1 aliphatic heterocycles. The van der Waals surface area contributed by atoms with Crippen LogP contribution in [0.25, 0.3) is 0 Å². The van der Waals surface area contributed by atoms with E-state index in [1.807, 2.05) is 12.1 Å². The van der Waals surface area contributed by atoms with Crippen molar-refractivity contribution in [3.8, 4) is 0 Å². The highest BCUT2D eigenvalue weighted by Crippen LogP contribution is 2.28. The molecule has 0 radical (unpaired) electrons. The van der Waals surface area contributed by atoms with E-state index in [1.54, 1.807) is 0 Å². The van der Waals surface area contributed by atoms with E-state index in [2.05, 4.69) is 32.2 Å². The summed E-state index contributed by atoms with van der Waals surface area (Å²) in [6.07, 6.45) is 2.05. The van der Waals surface area contributed by atoms with E-state index in [4.69, 9.17) is 10.5 Å². The van der Waals surface area contributed by atoms with Gasteiger partial charge in [0.1, 0.15) is 0 Å². The number of benzene rings is 1. The standard InChI is InChI=1S/C14H22N2O/c1-10-4-5-12(15)13(8-10)16-11-6-7-17-14(2,3)9-11/h4-5,8,11,16H,6-7,9,15H2,1-3H3. The van der Waals surface area contributed by atoms with Crippen molar-refractivity contribution in [2.45, 2.75) is 45.3 Å². The van der Waals surface area contributed by atoms with Crippen molar-refractivity contribution in [1.29, 1.82) is 0 Å². The number of nitrogens with one attached hydrogen (secondary N) is 1. The van der Waals surface area contributed by atoms with E-state index in [-0.39, 0.29) is 5.60 Å². The van der Waals surface area contributed by atoms with Crippen LogP contribution in [-0.2, 0) is 4.74 Å². The normalized spacial score (nSPS) is 23.4. The van der Waals surface area contributed by atoms with Gasteiger partial charge in [0.15, 0.2) is 0 Å². The molecular formula is C14H22N2O. The predicted octanol–water partition coefficient (Wildman–Crippen LogP) is 2.95. The first-order valence-electron chi connectivity index (χ1n) is 6.23. The first kappa shape index (κ1) is 12.2. The Bertz CT molecular complexity index is 401. The van der Waals surface area contributed by atoms with Gasteiger partial charge in [-0.25, -0.2) is 0 Å². The van der Waals surface area contributed by atoms with Gasteiger partial charge in [-0.3, -0.25) is 0 Å². The molecule has 1 atom stereocenters. The molecule has 17 heavy (non-hydrogen) atoms. The lowest BCUT2D eigenvalue weighted by atomic mass is 9.93. The molecule has 0 aromatic heterocycles. The summed E-state index contributed by atoms with van der Waals surface area (Å²) in [7, 11) is 0. The summed E-state index contributed by atoms with van der Waals surface area (Å²) < 4.78 is 5.72. The van der Waals surface area contributed by atoms with Crippen molar-refractivity contribution in [1.82, 2.24) is 0 Å². The van der Waals surface area contributed by atoms with E-state index >= 15 is 0 Å². The molecule has 0 saturated carbocycles. The lowest BCUT2D eigenvalue weighted by Crippen LogP contribution is -2.40. The minimum atomic E-state index is -0.0332. The summed E-state index contributed by atoms with van der Waals surface area (Å²) in [4.78, 5) is 0. The second-order valence-electron chi connectivity index (χ2n) is 5.53. The van der Waals surface area contributed by atoms with Crippen LogP contribution in [0.4, 0.5) is 11.4 Å². The predicted molar refractivity (Wildman–Crippen MR) is 72.3 cm³/mol. The second-order valence-corrected chi connectivity index (χ2v) is 5.53. The molecule has 2 rings (SSSR count). The summed E-state index contributed by atoms with van der Waals surface area (Å²) in [6.45, 7) is 7.18. The molecule has 1 unspecified atom stereocenters. The zero-order valence-electron chi connectivity index (χ0n) is 10.9. The lowest BCUT2D eigenvalue weighted by molar-refractivity contribution is -0.0553. The fraction of sp³-hybridized carbons (Fsp3) is 0.571. The summed E-state index contributed by atoms with van der Waals surface area (Å²) in [5.41, 5.74) is 9.05. The van der Waals surface area contributed by atoms with E-state index in [9.17, 15) is 0 Å². The SMILES string of the molecule is Cc1ccc(N)c(NC2CCOC(C)(C)C2)c1. The summed E-state index contributed by atoms with van der Waals surface area (Å²) in [6, 6.07) is 6.55. The first-order chi connectivity index (χ1) is 7.96. The van der Waals surface area contributed by atoms with Crippen molar-refractivity contribution in [3.63, 3.8) is 0 Å². The van der Waals surface area contributed by atoms with Crippen molar-refractivity contribution in [2.24, 2.45) is 0 Å². The topological polar surface area (TPSA) is 47.3 Å². The van der Waals surface area contributed by atoms with Crippen LogP contribution in [0.3, 0.4) is 0 Å². The Labute approximate surface area is 103 Å². The molecular weight excluding hydrogens is 212 g/mol. The van der Waals surface area contributed by atoms with Gasteiger partial charge in [0.25, 0.3) is 0 Å². The monoisotopic (exact) mass is 234 g/mol. The molecule has 1 aliphatic rings. The Morgan fingerprint density at radius 2 is 2.18 bits per heavy atom. The maximum Gasteiger partial charge on any atom is 0.0646 e. The Kier molecular flexibility index (Phi) is 3.29. The Balaban J connectivity index is 2.07. The van der Waals surface area contributed by atoms with Crippen molar-refractivity contribution in [2.75, 3.05) is 17.7 Å². The maximum atomic E-state index is 5.98. The van der Waals surface area contributed by atoms with Gasteiger partial charge >= 0.3 is 0 Å². The second kappa shape index (κ2) is 4.57. The highest BCUT2D eigenvalue weighted by molar-refractivity contribution is 5.67. The van der Waals surface area contributed by atoms with Crippen LogP contribution >= 0.6 is 0 Å². The highest BCUT2D eigenvalue weighted by Gasteiger charge is 2.28. The third-order valence-electron chi connectivity index (χ3n) is 3.27. The molecule has 3 N–H and O–H groups in total. The van der Waals surface area contributed by atoms with Gasteiger partial charge < -0.3 is 15.8 Å². The minimum absolute atomic E-state index is 0.0332. The summed E-state index contributed by atoms with van der Waals surface area (Å²) in [5.74, 6) is 0. The van der Waals surface area contributed by atoms with Crippen LogP contribution in [0.15, 0.2) is 18.2 Å². The Morgan fingerprint density at radius 3 is 2.88 bits per heavy atom. The third kappa shape index (κ3) is 3.13. The van der Waals surface area contributed by atoms with Crippen molar-refractivity contribution in [3.05, 3.63) is 23.8 Å². The summed E-state index contributed by atoms with van der Waals surface area (Å²) >= 11 is 0. The van der Waals surface area contributed by atoms with E-state index in [1.165, 1.54) is 5.56 Å². The largest absolute Gasteiger partial charge is 0.397 e. The Hall–Kier alpha value is -1.22. The molecule has 3 heteroatoms. The van der Waals surface area contributed by atoms with Gasteiger partial charge in [0.2, 0.25) is 0 Å². The zero-order chi connectivity index (χ0) is 12.5. The average molecular weight is 234 g/mol. The van der Waals surface area contributed by atoms with Crippen LogP contribution in [-0.4, -0.2) is 18.2 Å². The average Bonchev–Trinajstić information content (AvgIpc) is 2.22. The molecule has 94 valence electrons. The number of ether oxygens (including phenoxy) is 1. The van der Waals surface area contributed by atoms with Gasteiger partial charge in [-0.05, 0) is 51.3 Å². The zero-order valence-corrected chi connectivity index (χ0v) is 10.9. The number of rotatable bonds is 2. The lowest BCUT2D eigenvalue weighted by Gasteiger charge is -2.36. The van der Waals surface area contributed by atoms with E-state index < -0.39 is 0 Å². The van der Waals surface area contributed by atoms with Crippen molar-refractivity contribution < 1.29 is 4.74 Å². The maximum absolute atomic E-state index is 5.98. The number of nitrogen functional groups attached to an aromatic ring is 1. The molecule has 1 saturated heterocycles. The molecule has 0 bridgehead atoms. The molecule has 3 nitrogen and oxygen atoms in total. The Morgan fingerprint density at radius 1 is 1.41 bits per heavy atom. The molecule has 1 aromatic carbocycles. The molecule has 0 aliphatic carbocycles. The van der Waals surface area contributed by atoms with Crippen LogP contribution in [0, 0.1) is 6.92 Å². The molecule has 0 amide bonds. The van der Waals surface area contributed by atoms with E-state index in [0.717, 1.165) is 30.8 Å². The van der Waals surface area contributed by atoms with Crippen LogP contribution in [0.5, 0.6) is 0 Å². The fourth-order valence-electron chi connectivity index (χ4n) is 2.37. The quantitative estimate of drug-likeness (QED) is 0.773. The molecule has 1 fully saturated rings. The molecule has 0 spiro atoms. The number of nitrogens with two attached hydrogens (primary N) is 1. The third-order valence-corrected chi connectivity index (χ3v) is 3.27. The van der Waals surface area contributed by atoms with Crippen LogP contribution in [0.2, 0.25) is 0 Å². The number of aryl methyl sites for hydroxylation is 1. The van der Waals surface area contributed by atoms with Gasteiger partial charge in [-0.1, -0.05) is 6.07 Å². The number of hydrogen-bond donors (Lipinski definition) is 2. The van der Waals surface area contributed by atoms with Crippen LogP contribution < -0.4 is 11.1 Å².